The Kier molecular flexibility index (Phi) is 8.96. The minimum atomic E-state index is -1.11. The van der Waals surface area contributed by atoms with Crippen LogP contribution in [0.3, 0.4) is 0 Å². The normalized spacial score (nSPS) is 17.3. The number of tetrazole rings is 1. The van der Waals surface area contributed by atoms with Gasteiger partial charge in [0.05, 0.1) is 22.6 Å². The molecule has 46 heavy (non-hydrogen) atoms. The molecule has 1 aliphatic rings. The van der Waals surface area contributed by atoms with Crippen LogP contribution >= 0.6 is 23.2 Å². The second kappa shape index (κ2) is 12.6. The van der Waals surface area contributed by atoms with E-state index in [0.717, 1.165) is 6.07 Å². The first-order chi connectivity index (χ1) is 21.7. The molecule has 2 aromatic heterocycles. The molecule has 0 saturated carbocycles. The summed E-state index contributed by atoms with van der Waals surface area (Å²) < 4.78 is 28.1. The predicted molar refractivity (Wildman–Crippen MR) is 165 cm³/mol. The maximum Gasteiger partial charge on any atom is 0.412 e. The zero-order chi connectivity index (χ0) is 33.5. The van der Waals surface area contributed by atoms with Gasteiger partial charge in [0, 0.05) is 22.6 Å². The van der Waals surface area contributed by atoms with E-state index in [0.29, 0.717) is 27.8 Å². The average molecular weight is 673 g/mol. The molecule has 16 heteroatoms. The Bertz CT molecular complexity index is 1910. The number of nitrogens with one attached hydrogen (secondary N) is 1. The van der Waals surface area contributed by atoms with Crippen LogP contribution in [0.5, 0.6) is 0 Å². The molecule has 4 aromatic rings. The van der Waals surface area contributed by atoms with Crippen molar-refractivity contribution in [2.75, 3.05) is 11.9 Å². The van der Waals surface area contributed by atoms with Crippen molar-refractivity contribution >= 4 is 46.7 Å². The van der Waals surface area contributed by atoms with E-state index < -0.39 is 64.0 Å². The highest BCUT2D eigenvalue weighted by molar-refractivity contribution is 6.34. The van der Waals surface area contributed by atoms with Gasteiger partial charge in [-0.15, -0.1) is 5.10 Å². The van der Waals surface area contributed by atoms with Crippen LogP contribution in [-0.4, -0.2) is 59.8 Å². The van der Waals surface area contributed by atoms with Crippen LogP contribution in [0.1, 0.15) is 62.8 Å². The van der Waals surface area contributed by atoms with Crippen molar-refractivity contribution in [3.8, 4) is 16.9 Å². The molecule has 2 aromatic carbocycles. The summed E-state index contributed by atoms with van der Waals surface area (Å²) in [7, 11) is 0. The number of ether oxygens (including phenoxy) is 2. The first kappa shape index (κ1) is 32.7. The molecule has 1 amide bonds. The summed E-state index contributed by atoms with van der Waals surface area (Å²) >= 11 is 12.3. The van der Waals surface area contributed by atoms with E-state index in [1.165, 1.54) is 27.7 Å². The molecule has 3 atom stereocenters. The van der Waals surface area contributed by atoms with E-state index in [-0.39, 0.29) is 11.6 Å². The lowest BCUT2D eigenvalue weighted by Gasteiger charge is -2.20. The van der Waals surface area contributed by atoms with Crippen molar-refractivity contribution < 1.29 is 28.2 Å². The zero-order valence-corrected chi connectivity index (χ0v) is 26.8. The van der Waals surface area contributed by atoms with Crippen molar-refractivity contribution in [3.63, 3.8) is 0 Å². The number of amides is 1. The number of aromatic nitrogens is 6. The molecule has 0 radical (unpaired) electrons. The number of hydrogen-bond acceptors (Lipinski definition) is 10. The molecule has 0 unspecified atom stereocenters. The number of halogens is 3. The average Bonchev–Trinajstić information content (AvgIpc) is 3.60. The fraction of sp³-hybridized carbons (Fsp3) is 0.333. The van der Waals surface area contributed by atoms with E-state index in [9.17, 15) is 19.2 Å². The van der Waals surface area contributed by atoms with Crippen LogP contribution in [0.4, 0.5) is 14.9 Å². The number of benzene rings is 2. The Morgan fingerprint density at radius 3 is 2.50 bits per heavy atom. The van der Waals surface area contributed by atoms with Crippen molar-refractivity contribution in [3.05, 3.63) is 80.3 Å². The molecule has 0 spiro atoms. The standard InChI is InChI=1S/C30H28Cl2FN7O6/c1-14-15(2)27-35-20(18-10-16(31)6-9-21(18)39-13-34-37-38-39)11-23(42)40(27)26(14)28(43)45-12-22(41)17-7-8-19(24(32)25(17)33)36-29(44)46-30(3,4)5/h6-11,13-15,26H,12H2,1-5H3,(H,36,44)/t14-,15+,26-/m0/s1. The molecule has 13 nitrogen and oxygen atoms in total. The summed E-state index contributed by atoms with van der Waals surface area (Å²) in [6, 6.07) is 7.47. The third-order valence-electron chi connectivity index (χ3n) is 7.39. The number of rotatable bonds is 7. The quantitative estimate of drug-likeness (QED) is 0.199. The Labute approximate surface area is 271 Å². The Balaban J connectivity index is 1.35. The largest absolute Gasteiger partial charge is 0.456 e. The number of anilines is 1. The van der Waals surface area contributed by atoms with Gasteiger partial charge in [-0.3, -0.25) is 19.5 Å². The number of ketones is 1. The highest BCUT2D eigenvalue weighted by Crippen LogP contribution is 2.41. The van der Waals surface area contributed by atoms with Crippen molar-refractivity contribution in [2.45, 2.75) is 52.2 Å². The van der Waals surface area contributed by atoms with Gasteiger partial charge in [-0.1, -0.05) is 37.0 Å². The molecule has 240 valence electrons. The summed E-state index contributed by atoms with van der Waals surface area (Å²) in [5.41, 5.74) is -0.581. The van der Waals surface area contributed by atoms with Crippen molar-refractivity contribution in [1.29, 1.82) is 0 Å². The van der Waals surface area contributed by atoms with Gasteiger partial charge in [0.15, 0.2) is 12.4 Å². The molecule has 0 aliphatic carbocycles. The highest BCUT2D eigenvalue weighted by atomic mass is 35.5. The minimum absolute atomic E-state index is 0.110. The lowest BCUT2D eigenvalue weighted by Crippen LogP contribution is -2.32. The molecule has 1 aliphatic heterocycles. The fourth-order valence-electron chi connectivity index (χ4n) is 5.07. The number of Topliss-reactive ketones (excluding diaryl/α,β-unsaturated/α-hetero) is 1. The van der Waals surface area contributed by atoms with Gasteiger partial charge in [-0.2, -0.15) is 4.68 Å². The van der Waals surface area contributed by atoms with Crippen LogP contribution in [-0.2, 0) is 14.3 Å². The van der Waals surface area contributed by atoms with Crippen LogP contribution in [0.25, 0.3) is 16.9 Å². The summed E-state index contributed by atoms with van der Waals surface area (Å²) in [6.07, 6.45) is 0.527. The summed E-state index contributed by atoms with van der Waals surface area (Å²) in [5.74, 6) is -3.34. The van der Waals surface area contributed by atoms with Gasteiger partial charge in [0.25, 0.3) is 5.56 Å². The number of nitrogens with zero attached hydrogens (tertiary/aromatic N) is 6. The fourth-order valence-corrected chi connectivity index (χ4v) is 5.46. The number of hydrogen-bond donors (Lipinski definition) is 1. The monoisotopic (exact) mass is 671 g/mol. The SMILES string of the molecule is C[C@@H]1[C@@H](C(=O)OCC(=O)c2ccc(NC(=O)OC(C)(C)C)c(Cl)c2F)n2c(nc(-c3cc(Cl)ccc3-n3cnnn3)cc2=O)[C@@H]1C. The number of carbonyl (C=O) groups excluding carboxylic acids is 3. The highest BCUT2D eigenvalue weighted by Gasteiger charge is 2.43. The number of esters is 1. The third-order valence-corrected chi connectivity index (χ3v) is 7.99. The minimum Gasteiger partial charge on any atom is -0.456 e. The lowest BCUT2D eigenvalue weighted by molar-refractivity contribution is -0.147. The van der Waals surface area contributed by atoms with E-state index >= 15 is 4.39 Å². The second-order valence-electron chi connectivity index (χ2n) is 11.7. The Morgan fingerprint density at radius 2 is 1.83 bits per heavy atom. The smallest absolute Gasteiger partial charge is 0.412 e. The van der Waals surface area contributed by atoms with Crippen molar-refractivity contribution in [2.24, 2.45) is 5.92 Å². The summed E-state index contributed by atoms with van der Waals surface area (Å²) in [4.78, 5) is 56.5. The topological polar surface area (TPSA) is 160 Å². The molecule has 1 N–H and O–H groups in total. The van der Waals surface area contributed by atoms with Gasteiger partial charge < -0.3 is 9.47 Å². The first-order valence-corrected chi connectivity index (χ1v) is 14.8. The zero-order valence-electron chi connectivity index (χ0n) is 25.2. The molecule has 5 rings (SSSR count). The maximum absolute atomic E-state index is 15.1. The summed E-state index contributed by atoms with van der Waals surface area (Å²) in [5, 5.41) is 13.4. The molecular formula is C30H28Cl2FN7O6. The van der Waals surface area contributed by atoms with Crippen LogP contribution in [0.15, 0.2) is 47.5 Å². The second-order valence-corrected chi connectivity index (χ2v) is 12.5. The van der Waals surface area contributed by atoms with Gasteiger partial charge in [-0.25, -0.2) is 19.0 Å². The Hall–Kier alpha value is -4.69. The lowest BCUT2D eigenvalue weighted by atomic mass is 9.93. The van der Waals surface area contributed by atoms with E-state index in [1.54, 1.807) is 45.9 Å². The molecule has 0 fully saturated rings. The molecule has 0 saturated heterocycles. The maximum atomic E-state index is 15.1. The van der Waals surface area contributed by atoms with Gasteiger partial charge >= 0.3 is 12.1 Å². The third kappa shape index (κ3) is 6.49. The van der Waals surface area contributed by atoms with Crippen LogP contribution < -0.4 is 10.9 Å². The van der Waals surface area contributed by atoms with Crippen molar-refractivity contribution in [1.82, 2.24) is 29.8 Å². The van der Waals surface area contributed by atoms with E-state index in [4.69, 9.17) is 37.7 Å². The van der Waals surface area contributed by atoms with E-state index in [1.807, 2.05) is 6.92 Å². The van der Waals surface area contributed by atoms with Crippen LogP contribution in [0.2, 0.25) is 10.0 Å². The van der Waals surface area contributed by atoms with Gasteiger partial charge in [-0.05, 0) is 67.4 Å². The summed E-state index contributed by atoms with van der Waals surface area (Å²) in [6.45, 7) is 7.72. The van der Waals surface area contributed by atoms with Crippen LogP contribution in [0, 0.1) is 11.7 Å². The van der Waals surface area contributed by atoms with Gasteiger partial charge in [0.1, 0.15) is 28.8 Å². The first-order valence-electron chi connectivity index (χ1n) is 14.0. The van der Waals surface area contributed by atoms with Gasteiger partial charge in [0.2, 0.25) is 5.78 Å². The number of carbonyl (C=O) groups is 3. The number of fused-ring (bicyclic) bond motifs is 1. The Morgan fingerprint density at radius 1 is 1.09 bits per heavy atom. The van der Waals surface area contributed by atoms with E-state index in [2.05, 4.69) is 20.8 Å². The molecule has 3 heterocycles. The predicted octanol–water partition coefficient (Wildman–Crippen LogP) is 5.40. The molecular weight excluding hydrogens is 644 g/mol. The molecule has 0 bridgehead atoms.